The Balaban J connectivity index is -0.000000249. The molecular formula is C12H18N8O2. The van der Waals surface area contributed by atoms with Crippen molar-refractivity contribution in [2.45, 2.75) is 12.8 Å². The van der Waals surface area contributed by atoms with E-state index in [2.05, 4.69) is 22.9 Å². The SMILES string of the molecule is N#CC(=C=[N-])C(N)=O.N#CC(=C=[N-])C(N)=O.[NH3+]CCCC[NH3+]. The third-order valence-corrected chi connectivity index (χ3v) is 1.69. The van der Waals surface area contributed by atoms with Crippen molar-refractivity contribution in [3.63, 3.8) is 0 Å². The van der Waals surface area contributed by atoms with Crippen LogP contribution >= 0.6 is 0 Å². The van der Waals surface area contributed by atoms with E-state index >= 15 is 0 Å². The second-order valence-electron chi connectivity index (χ2n) is 3.34. The van der Waals surface area contributed by atoms with Crippen molar-refractivity contribution < 1.29 is 21.1 Å². The van der Waals surface area contributed by atoms with Gasteiger partial charge in [0, 0.05) is 12.8 Å². The van der Waals surface area contributed by atoms with Gasteiger partial charge in [-0.1, -0.05) is 0 Å². The van der Waals surface area contributed by atoms with Crippen LogP contribution in [0.3, 0.4) is 0 Å². The van der Waals surface area contributed by atoms with E-state index in [0.29, 0.717) is 0 Å². The number of nitrogens with zero attached hydrogens (tertiary/aromatic N) is 4. The summed E-state index contributed by atoms with van der Waals surface area (Å²) in [7, 11) is 0. The number of amides is 2. The number of carbonyl (C=O) groups excluding carboxylic acids is 2. The number of hydrogen-bond donors (Lipinski definition) is 4. The van der Waals surface area contributed by atoms with E-state index in [-0.39, 0.29) is 0 Å². The zero-order valence-corrected chi connectivity index (χ0v) is 12.0. The van der Waals surface area contributed by atoms with Crippen molar-refractivity contribution in [3.8, 4) is 12.1 Å². The van der Waals surface area contributed by atoms with Crippen molar-refractivity contribution in [2.75, 3.05) is 13.1 Å². The van der Waals surface area contributed by atoms with Crippen molar-refractivity contribution in [3.05, 3.63) is 22.0 Å². The summed E-state index contributed by atoms with van der Waals surface area (Å²) in [5, 5.41) is 31.5. The Hall–Kier alpha value is -3.26. The van der Waals surface area contributed by atoms with Crippen LogP contribution in [0.25, 0.3) is 10.8 Å². The third kappa shape index (κ3) is 16.7. The summed E-state index contributed by atoms with van der Waals surface area (Å²) in [6.07, 6.45) is 2.48. The van der Waals surface area contributed by atoms with E-state index in [0.717, 1.165) is 13.1 Å². The number of nitrogens with two attached hydrogens (primary N) is 2. The largest absolute Gasteiger partial charge is 0.762 e. The molecule has 0 saturated heterocycles. The lowest BCUT2D eigenvalue weighted by Crippen LogP contribution is -2.53. The Bertz CT molecular complexity index is 492. The zero-order chi connectivity index (χ0) is 18.0. The van der Waals surface area contributed by atoms with Gasteiger partial charge in [0.1, 0.15) is 23.3 Å². The lowest BCUT2D eigenvalue weighted by Gasteiger charge is -1.82. The summed E-state index contributed by atoms with van der Waals surface area (Å²) in [5.74, 6) is 0.711. The molecule has 10 nitrogen and oxygen atoms in total. The molecule has 0 unspecified atom stereocenters. The second kappa shape index (κ2) is 17.7. The fraction of sp³-hybridized carbons (Fsp3) is 0.333. The normalized spacial score (nSPS) is 7.09. The highest BCUT2D eigenvalue weighted by Gasteiger charge is 1.96. The molecule has 0 aromatic rings. The molecule has 0 rings (SSSR count). The molecule has 0 fully saturated rings. The minimum absolute atomic E-state index is 0.565. The fourth-order valence-electron chi connectivity index (χ4n) is 0.624. The third-order valence-electron chi connectivity index (χ3n) is 1.69. The van der Waals surface area contributed by atoms with Gasteiger partial charge in [0.05, 0.1) is 13.1 Å². The van der Waals surface area contributed by atoms with Gasteiger partial charge in [0.15, 0.2) is 0 Å². The first-order chi connectivity index (χ1) is 10.4. The highest BCUT2D eigenvalue weighted by Crippen LogP contribution is 1.78. The molecule has 22 heavy (non-hydrogen) atoms. The Morgan fingerprint density at radius 3 is 1.18 bits per heavy atom. The van der Waals surface area contributed by atoms with Crippen molar-refractivity contribution in [1.82, 2.24) is 0 Å². The zero-order valence-electron chi connectivity index (χ0n) is 12.0. The van der Waals surface area contributed by atoms with Crippen molar-refractivity contribution in [2.24, 2.45) is 11.5 Å². The van der Waals surface area contributed by atoms with Crippen LogP contribution in [-0.4, -0.2) is 36.6 Å². The maximum Gasteiger partial charge on any atom is 0.265 e. The van der Waals surface area contributed by atoms with Crippen LogP contribution in [0.15, 0.2) is 11.1 Å². The van der Waals surface area contributed by atoms with Crippen molar-refractivity contribution >= 4 is 23.6 Å². The Kier molecular flexibility index (Phi) is 19.2. The first kappa shape index (κ1) is 23.8. The van der Waals surface area contributed by atoms with Gasteiger partial charge in [-0.05, 0) is 0 Å². The molecular weight excluding hydrogens is 288 g/mol. The quantitative estimate of drug-likeness (QED) is 0.175. The van der Waals surface area contributed by atoms with Gasteiger partial charge in [-0.2, -0.15) is 10.5 Å². The van der Waals surface area contributed by atoms with Crippen LogP contribution < -0.4 is 22.9 Å². The molecule has 0 atom stereocenters. The second-order valence-corrected chi connectivity index (χ2v) is 3.34. The molecule has 10 heteroatoms. The van der Waals surface area contributed by atoms with Gasteiger partial charge in [-0.15, -0.1) is 0 Å². The van der Waals surface area contributed by atoms with E-state index in [1.807, 2.05) is 0 Å². The summed E-state index contributed by atoms with van der Waals surface area (Å²) in [6, 6.07) is 2.66. The van der Waals surface area contributed by atoms with Gasteiger partial charge < -0.3 is 33.8 Å². The monoisotopic (exact) mass is 306 g/mol. The molecule has 0 radical (unpaired) electrons. The standard InChI is InChI=1S/2C4H2N3O.C4H12N2/c2*5-1-3(2-6)4(7)8;5-3-1-2-4-6/h2*(H2,7,8);1-6H2/q2*-1;/p+2. The summed E-state index contributed by atoms with van der Waals surface area (Å²) < 4.78 is 0. The number of primary amides is 2. The van der Waals surface area contributed by atoms with Crippen LogP contribution in [-0.2, 0) is 9.59 Å². The summed E-state index contributed by atoms with van der Waals surface area (Å²) >= 11 is 0. The van der Waals surface area contributed by atoms with Crippen LogP contribution in [0, 0.1) is 22.7 Å². The molecule has 0 aromatic heterocycles. The smallest absolute Gasteiger partial charge is 0.265 e. The first-order valence-corrected chi connectivity index (χ1v) is 5.88. The molecule has 0 spiro atoms. The van der Waals surface area contributed by atoms with Crippen LogP contribution in [0.2, 0.25) is 0 Å². The maximum absolute atomic E-state index is 9.90. The fourth-order valence-corrected chi connectivity index (χ4v) is 0.624. The molecule has 0 heterocycles. The Labute approximate surface area is 127 Å². The van der Waals surface area contributed by atoms with Gasteiger partial charge in [0.25, 0.3) is 11.8 Å². The van der Waals surface area contributed by atoms with E-state index in [9.17, 15) is 9.59 Å². The molecule has 0 bridgehead atoms. The average molecular weight is 306 g/mol. The van der Waals surface area contributed by atoms with Gasteiger partial charge >= 0.3 is 0 Å². The molecule has 0 aliphatic heterocycles. The van der Waals surface area contributed by atoms with Crippen LogP contribution in [0.4, 0.5) is 0 Å². The van der Waals surface area contributed by atoms with Gasteiger partial charge in [-0.25, -0.2) is 11.7 Å². The predicted molar refractivity (Wildman–Crippen MR) is 78.1 cm³/mol. The summed E-state index contributed by atoms with van der Waals surface area (Å²) in [6.45, 7) is 2.13. The van der Waals surface area contributed by atoms with Gasteiger partial charge in [0.2, 0.25) is 0 Å². The van der Waals surface area contributed by atoms with Crippen LogP contribution in [0.1, 0.15) is 12.8 Å². The van der Waals surface area contributed by atoms with Crippen LogP contribution in [0.5, 0.6) is 0 Å². The lowest BCUT2D eigenvalue weighted by atomic mass is 10.3. The Morgan fingerprint density at radius 1 is 0.864 bits per heavy atom. The highest BCUT2D eigenvalue weighted by atomic mass is 16.1. The topological polar surface area (TPSA) is 234 Å². The Morgan fingerprint density at radius 2 is 1.14 bits per heavy atom. The van der Waals surface area contributed by atoms with E-state index in [4.69, 9.17) is 21.3 Å². The van der Waals surface area contributed by atoms with E-state index < -0.39 is 23.0 Å². The molecule has 2 amide bonds. The molecule has 0 aromatic carbocycles. The minimum atomic E-state index is -0.977. The number of hydrogen-bond acceptors (Lipinski definition) is 4. The first-order valence-electron chi connectivity index (χ1n) is 5.88. The summed E-state index contributed by atoms with van der Waals surface area (Å²) in [5.41, 5.74) is 15.3. The number of nitriles is 2. The number of rotatable bonds is 5. The lowest BCUT2D eigenvalue weighted by molar-refractivity contribution is -0.384. The molecule has 118 valence electrons. The highest BCUT2D eigenvalue weighted by molar-refractivity contribution is 6.05. The number of quaternary nitrogens is 2. The average Bonchev–Trinajstić information content (AvgIpc) is 2.48. The minimum Gasteiger partial charge on any atom is -0.762 e. The molecule has 10 N–H and O–H groups in total. The summed E-state index contributed by atoms with van der Waals surface area (Å²) in [4.78, 5) is 19.8. The predicted octanol–water partition coefficient (Wildman–Crippen LogP) is -3.43. The number of carbonyl (C=O) groups is 2. The number of unbranched alkanes of at least 4 members (excludes halogenated alkanes) is 1. The van der Waals surface area contributed by atoms with Crippen molar-refractivity contribution in [1.29, 1.82) is 10.5 Å². The molecule has 0 aliphatic rings. The van der Waals surface area contributed by atoms with E-state index in [1.54, 1.807) is 0 Å². The molecule has 0 saturated carbocycles. The van der Waals surface area contributed by atoms with E-state index in [1.165, 1.54) is 36.7 Å². The maximum atomic E-state index is 9.90. The molecule has 0 aliphatic carbocycles. The van der Waals surface area contributed by atoms with Gasteiger partial charge in [-0.3, -0.25) is 9.59 Å².